The van der Waals surface area contributed by atoms with Gasteiger partial charge >= 0.3 is 6.18 Å². The molecule has 3 heterocycles. The Hall–Kier alpha value is -6.39. The smallest absolute Gasteiger partial charge is 0.376 e. The molecule has 0 radical (unpaired) electrons. The summed E-state index contributed by atoms with van der Waals surface area (Å²) in [5, 5.41) is 8.82. The lowest BCUT2D eigenvalue weighted by atomic mass is 9.78. The van der Waals surface area contributed by atoms with Crippen LogP contribution >= 0.6 is 11.6 Å². The number of hydrogen-bond donors (Lipinski definition) is 3. The molecule has 30 heteroatoms. The number of ether oxygens (including phenoxy) is 1. The van der Waals surface area contributed by atoms with Crippen LogP contribution in [0.25, 0.3) is 0 Å². The van der Waals surface area contributed by atoms with Crippen LogP contribution in [0.5, 0.6) is 0 Å². The fourth-order valence-corrected chi connectivity index (χ4v) is 17.5. The fraction of sp³-hybridized carbons (Fsp3) is 0.846. The molecule has 108 heavy (non-hydrogen) atoms. The van der Waals surface area contributed by atoms with Crippen molar-refractivity contribution in [3.05, 3.63) is 0 Å². The number of alkyl halides is 5. The second-order valence-electron chi connectivity index (χ2n) is 33.7. The summed E-state index contributed by atoms with van der Waals surface area (Å²) in [6, 6.07) is -9.15. The zero-order chi connectivity index (χ0) is 79.8. The minimum absolute atomic E-state index is 0.00495. The van der Waals surface area contributed by atoms with E-state index < -0.39 is 194 Å². The van der Waals surface area contributed by atoms with E-state index >= 15 is 38.0 Å². The van der Waals surface area contributed by atoms with E-state index in [1.807, 2.05) is 34.6 Å². The van der Waals surface area contributed by atoms with Crippen molar-refractivity contribution >= 4 is 82.5 Å². The van der Waals surface area contributed by atoms with Gasteiger partial charge in [-0.05, 0) is 145 Å². The van der Waals surface area contributed by atoms with E-state index in [-0.39, 0.29) is 100.0 Å². The highest BCUT2D eigenvalue weighted by Crippen LogP contribution is 2.43. The minimum Gasteiger partial charge on any atom is -0.376 e. The number of nitrogens with one attached hydrogen (secondary N) is 3. The molecule has 0 aromatic carbocycles. The predicted octanol–water partition coefficient (Wildman–Crippen LogP) is 7.47. The van der Waals surface area contributed by atoms with Gasteiger partial charge in [0.15, 0.2) is 0 Å². The normalized spacial score (nSPS) is 30.7. The number of likely N-dealkylation sites (tertiary alicyclic amines) is 1. The maximum absolute atomic E-state index is 15.8. The summed E-state index contributed by atoms with van der Waals surface area (Å²) in [5.41, 5.74) is -1.66. The van der Waals surface area contributed by atoms with E-state index in [1.165, 1.54) is 73.8 Å². The lowest BCUT2D eigenvalue weighted by molar-refractivity contribution is -0.201. The molecule has 0 aromatic heterocycles. The molecule has 12 amide bonds. The highest BCUT2D eigenvalue weighted by atomic mass is 35.5. The summed E-state index contributed by atoms with van der Waals surface area (Å²) in [4.78, 5) is 192. The summed E-state index contributed by atoms with van der Waals surface area (Å²) < 4.78 is 64.2. The van der Waals surface area contributed by atoms with Crippen LogP contribution in [-0.2, 0) is 62.3 Å². The molecular formula is C78H127ClF4N12O13. The first kappa shape index (κ1) is 88.8. The van der Waals surface area contributed by atoms with E-state index in [9.17, 15) is 37.1 Å². The molecule has 3 aliphatic heterocycles. The van der Waals surface area contributed by atoms with Crippen molar-refractivity contribution in [2.75, 3.05) is 95.2 Å². The van der Waals surface area contributed by atoms with Crippen LogP contribution in [0.1, 0.15) is 215 Å². The van der Waals surface area contributed by atoms with Crippen molar-refractivity contribution in [3.8, 4) is 0 Å². The fourth-order valence-electron chi connectivity index (χ4n) is 17.3. The quantitative estimate of drug-likeness (QED) is 0.106. The number of carbonyl (C=O) groups is 12. The molecule has 3 unspecified atom stereocenters. The van der Waals surface area contributed by atoms with Gasteiger partial charge in [-0.3, -0.25) is 57.5 Å². The van der Waals surface area contributed by atoms with E-state index in [4.69, 9.17) is 16.3 Å². The van der Waals surface area contributed by atoms with Crippen LogP contribution in [0.3, 0.4) is 0 Å². The average molecular weight is 1550 g/mol. The van der Waals surface area contributed by atoms with Gasteiger partial charge in [-0.1, -0.05) is 92.9 Å². The lowest BCUT2D eigenvalue weighted by Gasteiger charge is -2.41. The number of fused-ring (bicyclic) bond motifs is 1. The van der Waals surface area contributed by atoms with Crippen molar-refractivity contribution in [1.29, 1.82) is 0 Å². The van der Waals surface area contributed by atoms with E-state index in [0.29, 0.717) is 45.2 Å². The molecule has 7 fully saturated rings. The zero-order valence-corrected chi connectivity index (χ0v) is 67.3. The van der Waals surface area contributed by atoms with Gasteiger partial charge < -0.3 is 64.8 Å². The Balaban J connectivity index is 1.31. The standard InChI is InChI=1S/C78H127ClF4N12O13/c1-14-50(6)68-75(106)89(9)45-66(98)87(7)46-67(99)91(11)62(40-51-23-17-15-18-24-51)72(103)88(8)44-64(96)84-58(32-28-52-27-31-56(57(80)39-52)78(81,82)83)71(102)95-43-55(108-47-53-25-29-54(79)30-26-53)41-60(95)70(101)86-77(33-19-20-34-77)76(107)93(13)61(38-49(4)5)73(104)92(12)63(74(105)94-35-21-16-22-36-94)42-65(97)90(10)59(37-48(2)3)69(100)85-68/h48-63,68H,14-47H2,1-13H3,(H,84,96)(H,85,100)(H,86,101)/t50-,52?,53?,54?,55-,56?,57?,58-,59-,60-,61-,62-,63-,68-/m0/s1. The first-order valence-electron chi connectivity index (χ1n) is 40.1. The Morgan fingerprint density at radius 2 is 1.17 bits per heavy atom. The third-order valence-electron chi connectivity index (χ3n) is 24.5. The molecule has 12 atom stereocenters. The second kappa shape index (κ2) is 40.2. The maximum atomic E-state index is 15.8. The maximum Gasteiger partial charge on any atom is 0.394 e. The summed E-state index contributed by atoms with van der Waals surface area (Å²) in [6.07, 6.45) is 1.85. The molecule has 4 aliphatic carbocycles. The topological polar surface area (TPSA) is 279 Å². The Morgan fingerprint density at radius 1 is 0.583 bits per heavy atom. The van der Waals surface area contributed by atoms with Crippen molar-refractivity contribution in [2.45, 2.75) is 287 Å². The van der Waals surface area contributed by atoms with Crippen molar-refractivity contribution in [2.24, 2.45) is 41.4 Å². The van der Waals surface area contributed by atoms with Crippen molar-refractivity contribution in [3.63, 3.8) is 0 Å². The Bertz CT molecular complexity index is 3110. The molecule has 1 spiro atoms. The molecule has 7 rings (SSSR count). The molecule has 0 bridgehead atoms. The van der Waals surface area contributed by atoms with Gasteiger partial charge in [-0.15, -0.1) is 11.6 Å². The zero-order valence-electron chi connectivity index (χ0n) is 66.6. The third kappa shape index (κ3) is 23.6. The van der Waals surface area contributed by atoms with E-state index in [0.717, 1.165) is 78.9 Å². The number of likely N-dealkylation sites (N-methyl/N-ethyl adjacent to an activating group) is 7. The SMILES string of the molecule is CC[C@H](C)[C@@H]1NC(=O)[C@H](CC(C)C)N(C)C(=O)C[C@@H](C(=O)N2CCCCC2)N(C)C(=O)[C@H](CC(C)C)N(C)C(=O)C2(CCCC2)NC(=O)[C@@H]2C[C@H](OCC3CCC(Cl)CC3)CN2C(=O)[C@H](CCC2CCC(C(F)(F)F)C(F)C2)NC(=O)CN(C)C(=O)[C@H](CC2CCCCC2)N(C)C(=O)CN(C)C(=O)CN(C)C1=O. The summed E-state index contributed by atoms with van der Waals surface area (Å²) in [6.45, 7) is 10.1. The molecular weight excluding hydrogens is 1420 g/mol. The second-order valence-corrected chi connectivity index (χ2v) is 34.3. The Labute approximate surface area is 642 Å². The number of hydrogen-bond acceptors (Lipinski definition) is 13. The number of rotatable bonds is 15. The largest absolute Gasteiger partial charge is 0.394 e. The molecule has 25 nitrogen and oxygen atoms in total. The minimum atomic E-state index is -4.78. The van der Waals surface area contributed by atoms with Gasteiger partial charge in [-0.25, -0.2) is 4.39 Å². The van der Waals surface area contributed by atoms with Gasteiger partial charge in [0.2, 0.25) is 70.9 Å². The van der Waals surface area contributed by atoms with Crippen LogP contribution in [0.15, 0.2) is 0 Å². The van der Waals surface area contributed by atoms with Gasteiger partial charge in [0.05, 0.1) is 38.1 Å². The predicted molar refractivity (Wildman–Crippen MR) is 399 cm³/mol. The number of piperidine rings is 1. The lowest BCUT2D eigenvalue weighted by Crippen LogP contribution is -2.64. The summed E-state index contributed by atoms with van der Waals surface area (Å²) >= 11 is 6.50. The van der Waals surface area contributed by atoms with Crippen LogP contribution in [0.2, 0.25) is 0 Å². The van der Waals surface area contributed by atoms with E-state index in [1.54, 1.807) is 11.8 Å². The first-order chi connectivity index (χ1) is 50.9. The van der Waals surface area contributed by atoms with Gasteiger partial charge in [0, 0.05) is 87.4 Å². The van der Waals surface area contributed by atoms with Crippen LogP contribution in [0.4, 0.5) is 17.6 Å². The Kier molecular flexibility index (Phi) is 33.0. The summed E-state index contributed by atoms with van der Waals surface area (Å²) in [5.74, 6) is -11.8. The summed E-state index contributed by atoms with van der Waals surface area (Å²) in [7, 11) is 9.88. The van der Waals surface area contributed by atoms with Gasteiger partial charge in [-0.2, -0.15) is 13.2 Å². The molecule has 4 saturated carbocycles. The molecule has 0 aromatic rings. The van der Waals surface area contributed by atoms with Gasteiger partial charge in [0.1, 0.15) is 54.0 Å². The third-order valence-corrected chi connectivity index (χ3v) is 24.9. The van der Waals surface area contributed by atoms with Crippen molar-refractivity contribution in [1.82, 2.24) is 60.0 Å². The number of halogens is 5. The molecule has 3 N–H and O–H groups in total. The number of carbonyl (C=O) groups excluding carboxylic acids is 12. The highest BCUT2D eigenvalue weighted by molar-refractivity contribution is 6.20. The van der Waals surface area contributed by atoms with Gasteiger partial charge in [0.25, 0.3) is 0 Å². The highest BCUT2D eigenvalue weighted by Gasteiger charge is 2.53. The number of nitrogens with zero attached hydrogens (tertiary/aromatic N) is 9. The molecule has 612 valence electrons. The molecule has 3 saturated heterocycles. The van der Waals surface area contributed by atoms with Crippen LogP contribution < -0.4 is 16.0 Å². The Morgan fingerprint density at radius 3 is 1.77 bits per heavy atom. The first-order valence-corrected chi connectivity index (χ1v) is 40.6. The monoisotopic (exact) mass is 1550 g/mol. The van der Waals surface area contributed by atoms with Crippen molar-refractivity contribution < 1.29 is 79.8 Å². The average Bonchev–Trinajstić information content (AvgIpc) is 1.56. The molecule has 7 aliphatic rings. The van der Waals surface area contributed by atoms with E-state index in [2.05, 4.69) is 16.0 Å². The van der Waals surface area contributed by atoms with Crippen LogP contribution in [0, 0.1) is 41.4 Å². The van der Waals surface area contributed by atoms with Crippen LogP contribution in [-0.4, -0.2) is 282 Å². The number of amides is 12.